The average molecular weight is 112 g/mol. The highest BCUT2D eigenvalue weighted by atomic mass is 14.5. The molecule has 0 saturated carbocycles. The maximum Gasteiger partial charge on any atom is 0.0503 e. The Kier molecular flexibility index (Phi) is 6.16. The van der Waals surface area contributed by atoms with Gasteiger partial charge < -0.3 is 5.73 Å². The first-order valence-corrected chi connectivity index (χ1v) is 3.19. The molecular weight excluding hydrogens is 98.1 g/mol. The van der Waals surface area contributed by atoms with Gasteiger partial charge in [0.15, 0.2) is 0 Å². The van der Waals surface area contributed by atoms with Gasteiger partial charge in [-0.1, -0.05) is 25.8 Å². The Morgan fingerprint density at radius 1 is 1.50 bits per heavy atom. The number of rotatable bonds is 4. The van der Waals surface area contributed by atoms with Crippen LogP contribution in [0.3, 0.4) is 0 Å². The van der Waals surface area contributed by atoms with Gasteiger partial charge in [-0.2, -0.15) is 0 Å². The molecule has 0 aromatic heterocycles. The predicted molar refractivity (Wildman–Crippen MR) is 36.1 cm³/mol. The van der Waals surface area contributed by atoms with Gasteiger partial charge in [-0.05, 0) is 12.8 Å². The third-order valence-corrected chi connectivity index (χ3v) is 1.07. The molecular formula is C7H14N. The van der Waals surface area contributed by atoms with Gasteiger partial charge in [0.1, 0.15) is 0 Å². The van der Waals surface area contributed by atoms with E-state index in [0.717, 1.165) is 6.42 Å². The number of hydrogen-bond acceptors (Lipinski definition) is 1. The molecule has 0 aliphatic carbocycles. The highest BCUT2D eigenvalue weighted by Crippen LogP contribution is 1.97. The minimum Gasteiger partial charge on any atom is -0.397 e. The summed E-state index contributed by atoms with van der Waals surface area (Å²) in [7, 11) is 0. The largest absolute Gasteiger partial charge is 0.397 e. The standard InChI is InChI=1S/C7H14N/c1-2-3-4-5-6-7-8/h6H,2-5,8H2,1H3. The van der Waals surface area contributed by atoms with Crippen molar-refractivity contribution in [3.63, 3.8) is 0 Å². The molecule has 47 valence electrons. The first-order valence-electron chi connectivity index (χ1n) is 3.19. The van der Waals surface area contributed by atoms with E-state index in [0.29, 0.717) is 0 Å². The van der Waals surface area contributed by atoms with Crippen LogP contribution >= 0.6 is 0 Å². The molecule has 1 nitrogen and oxygen atoms in total. The second kappa shape index (κ2) is 6.54. The van der Waals surface area contributed by atoms with E-state index in [2.05, 4.69) is 13.1 Å². The van der Waals surface area contributed by atoms with Gasteiger partial charge in [0.2, 0.25) is 0 Å². The van der Waals surface area contributed by atoms with Crippen molar-refractivity contribution in [1.82, 2.24) is 0 Å². The normalized spacial score (nSPS) is 10.6. The SMILES string of the molecule is CCCCC/C=[C]/N. The molecule has 0 atom stereocenters. The summed E-state index contributed by atoms with van der Waals surface area (Å²) in [6, 6.07) is 0. The van der Waals surface area contributed by atoms with Crippen LogP contribution in [0, 0.1) is 6.20 Å². The molecule has 0 spiro atoms. The van der Waals surface area contributed by atoms with Crippen molar-refractivity contribution in [2.45, 2.75) is 32.6 Å². The molecule has 0 aromatic rings. The van der Waals surface area contributed by atoms with Crippen LogP contribution in [0.2, 0.25) is 0 Å². The zero-order chi connectivity index (χ0) is 6.24. The van der Waals surface area contributed by atoms with Gasteiger partial charge in [-0.15, -0.1) is 0 Å². The van der Waals surface area contributed by atoms with Gasteiger partial charge in [-0.3, -0.25) is 0 Å². The van der Waals surface area contributed by atoms with Gasteiger partial charge in [0.05, 0.1) is 6.20 Å². The van der Waals surface area contributed by atoms with Crippen molar-refractivity contribution in [3.8, 4) is 0 Å². The second-order valence-corrected chi connectivity index (χ2v) is 1.87. The van der Waals surface area contributed by atoms with E-state index in [9.17, 15) is 0 Å². The molecule has 2 N–H and O–H groups in total. The van der Waals surface area contributed by atoms with E-state index >= 15 is 0 Å². The van der Waals surface area contributed by atoms with Crippen molar-refractivity contribution in [3.05, 3.63) is 12.3 Å². The van der Waals surface area contributed by atoms with Crippen LogP contribution in [0.25, 0.3) is 0 Å². The first kappa shape index (κ1) is 7.54. The van der Waals surface area contributed by atoms with Crippen LogP contribution in [0.5, 0.6) is 0 Å². The summed E-state index contributed by atoms with van der Waals surface area (Å²) >= 11 is 0. The molecule has 1 radical (unpaired) electrons. The van der Waals surface area contributed by atoms with Crippen molar-refractivity contribution in [1.29, 1.82) is 0 Å². The smallest absolute Gasteiger partial charge is 0.0503 e. The zero-order valence-corrected chi connectivity index (χ0v) is 5.48. The fourth-order valence-electron chi connectivity index (χ4n) is 0.580. The maximum atomic E-state index is 5.01. The van der Waals surface area contributed by atoms with Crippen molar-refractivity contribution >= 4 is 0 Å². The van der Waals surface area contributed by atoms with Crippen LogP contribution < -0.4 is 5.73 Å². The summed E-state index contributed by atoms with van der Waals surface area (Å²) in [5.41, 5.74) is 5.01. The quantitative estimate of drug-likeness (QED) is 0.436. The molecule has 0 rings (SSSR count). The molecule has 0 fully saturated rings. The summed E-state index contributed by atoms with van der Waals surface area (Å²) in [6.45, 7) is 2.19. The van der Waals surface area contributed by atoms with E-state index < -0.39 is 0 Å². The first-order chi connectivity index (χ1) is 3.91. The summed E-state index contributed by atoms with van der Waals surface area (Å²) in [4.78, 5) is 0. The van der Waals surface area contributed by atoms with Crippen LogP contribution in [0.4, 0.5) is 0 Å². The molecule has 0 aliphatic rings. The lowest BCUT2D eigenvalue weighted by Crippen LogP contribution is -1.78. The zero-order valence-electron chi connectivity index (χ0n) is 5.48. The number of unbranched alkanes of at least 4 members (excludes halogenated alkanes) is 3. The van der Waals surface area contributed by atoms with Crippen molar-refractivity contribution < 1.29 is 0 Å². The van der Waals surface area contributed by atoms with Crippen LogP contribution in [0.15, 0.2) is 6.08 Å². The summed E-state index contributed by atoms with van der Waals surface area (Å²) < 4.78 is 0. The monoisotopic (exact) mass is 112 g/mol. The lowest BCUT2D eigenvalue weighted by Gasteiger charge is -1.88. The molecule has 8 heavy (non-hydrogen) atoms. The predicted octanol–water partition coefficient (Wildman–Crippen LogP) is 1.84. The van der Waals surface area contributed by atoms with E-state index in [-0.39, 0.29) is 0 Å². The third-order valence-electron chi connectivity index (χ3n) is 1.07. The van der Waals surface area contributed by atoms with Gasteiger partial charge in [-0.25, -0.2) is 0 Å². The molecule has 0 bridgehead atoms. The summed E-state index contributed by atoms with van der Waals surface area (Å²) in [6.07, 6.45) is 9.30. The number of nitrogens with two attached hydrogens (primary N) is 1. The lowest BCUT2D eigenvalue weighted by atomic mass is 10.2. The second-order valence-electron chi connectivity index (χ2n) is 1.87. The summed E-state index contributed by atoms with van der Waals surface area (Å²) in [5.74, 6) is 0. The molecule has 0 unspecified atom stereocenters. The van der Waals surface area contributed by atoms with E-state index in [4.69, 9.17) is 5.73 Å². The van der Waals surface area contributed by atoms with E-state index in [1.807, 2.05) is 6.08 Å². The Labute approximate surface area is 51.6 Å². The van der Waals surface area contributed by atoms with Crippen molar-refractivity contribution in [2.75, 3.05) is 0 Å². The number of hydrogen-bond donors (Lipinski definition) is 1. The Bertz CT molecular complexity index is 57.4. The van der Waals surface area contributed by atoms with E-state index in [1.54, 1.807) is 0 Å². The highest BCUT2D eigenvalue weighted by molar-refractivity contribution is 4.67. The fourth-order valence-corrected chi connectivity index (χ4v) is 0.580. The van der Waals surface area contributed by atoms with Gasteiger partial charge in [0.25, 0.3) is 0 Å². The van der Waals surface area contributed by atoms with Gasteiger partial charge in [0, 0.05) is 0 Å². The van der Waals surface area contributed by atoms with Crippen LogP contribution in [0.1, 0.15) is 32.6 Å². The van der Waals surface area contributed by atoms with Crippen LogP contribution in [-0.2, 0) is 0 Å². The minimum atomic E-state index is 1.09. The van der Waals surface area contributed by atoms with Gasteiger partial charge >= 0.3 is 0 Å². The van der Waals surface area contributed by atoms with Crippen molar-refractivity contribution in [2.24, 2.45) is 5.73 Å². The fraction of sp³-hybridized carbons (Fsp3) is 0.714. The van der Waals surface area contributed by atoms with Crippen LogP contribution in [-0.4, -0.2) is 0 Å². The average Bonchev–Trinajstić information content (AvgIpc) is 1.81. The molecule has 0 aliphatic heterocycles. The number of allylic oxidation sites excluding steroid dienone is 1. The summed E-state index contributed by atoms with van der Waals surface area (Å²) in [5, 5.41) is 0. The molecule has 1 heteroatoms. The Morgan fingerprint density at radius 3 is 2.75 bits per heavy atom. The highest BCUT2D eigenvalue weighted by Gasteiger charge is 1.79. The molecule has 0 saturated heterocycles. The Morgan fingerprint density at radius 2 is 2.25 bits per heavy atom. The molecule has 0 aromatic carbocycles. The van der Waals surface area contributed by atoms with E-state index in [1.165, 1.54) is 19.3 Å². The molecule has 0 amide bonds. The Balaban J connectivity index is 2.72. The lowest BCUT2D eigenvalue weighted by molar-refractivity contribution is 0.728. The minimum absolute atomic E-state index is 1.09. The maximum absolute atomic E-state index is 5.01. The Hall–Kier alpha value is -0.460. The topological polar surface area (TPSA) is 26.0 Å². The molecule has 0 heterocycles. The third kappa shape index (κ3) is 5.54.